The molecule has 4 heteroatoms. The van der Waals surface area contributed by atoms with Crippen LogP contribution in [0.1, 0.15) is 52.9 Å². The highest BCUT2D eigenvalue weighted by molar-refractivity contribution is 6.74. The molecule has 1 aliphatic carbocycles. The Kier molecular flexibility index (Phi) is 5.24. The Bertz CT molecular complexity index is 347. The number of hydrogen-bond donors (Lipinski definition) is 1. The zero-order valence-electron chi connectivity index (χ0n) is 13.0. The van der Waals surface area contributed by atoms with Crippen molar-refractivity contribution >= 4 is 14.3 Å². The maximum absolute atomic E-state index is 11.4. The van der Waals surface area contributed by atoms with Crippen molar-refractivity contribution in [3.63, 3.8) is 0 Å². The lowest BCUT2D eigenvalue weighted by atomic mass is 9.84. The molecule has 0 aromatic carbocycles. The fourth-order valence-corrected chi connectivity index (χ4v) is 2.90. The van der Waals surface area contributed by atoms with Gasteiger partial charge in [0.2, 0.25) is 8.32 Å². The fraction of sp³-hybridized carbons (Fsp3) is 0.800. The minimum absolute atomic E-state index is 0.0969. The van der Waals surface area contributed by atoms with Gasteiger partial charge < -0.3 is 9.53 Å². The highest BCUT2D eigenvalue weighted by atomic mass is 28.4. The SMILES string of the molecule is CC(C)(C)[Si](C)(C)OC=C(C(=O)O)C1CCCCC1. The molecular weight excluding hydrogens is 256 g/mol. The monoisotopic (exact) mass is 284 g/mol. The van der Waals surface area contributed by atoms with Crippen molar-refractivity contribution in [2.45, 2.75) is 71.0 Å². The molecule has 1 fully saturated rings. The largest absolute Gasteiger partial charge is 0.548 e. The average molecular weight is 284 g/mol. The Morgan fingerprint density at radius 2 is 1.74 bits per heavy atom. The third-order valence-corrected chi connectivity index (χ3v) is 8.90. The van der Waals surface area contributed by atoms with E-state index in [0.717, 1.165) is 25.7 Å². The van der Waals surface area contributed by atoms with Gasteiger partial charge in [-0.2, -0.15) is 0 Å². The van der Waals surface area contributed by atoms with Gasteiger partial charge in [0, 0.05) is 0 Å². The predicted molar refractivity (Wildman–Crippen MR) is 80.6 cm³/mol. The minimum Gasteiger partial charge on any atom is -0.548 e. The van der Waals surface area contributed by atoms with Crippen molar-refractivity contribution in [2.75, 3.05) is 0 Å². The van der Waals surface area contributed by atoms with Crippen molar-refractivity contribution in [1.29, 1.82) is 0 Å². The zero-order chi connectivity index (χ0) is 14.7. The molecule has 0 aromatic heterocycles. The molecule has 1 saturated carbocycles. The molecule has 0 heterocycles. The van der Waals surface area contributed by atoms with Gasteiger partial charge in [-0.15, -0.1) is 0 Å². The van der Waals surface area contributed by atoms with Crippen LogP contribution >= 0.6 is 0 Å². The number of carboxylic acids is 1. The van der Waals surface area contributed by atoms with E-state index >= 15 is 0 Å². The van der Waals surface area contributed by atoms with Crippen molar-refractivity contribution in [1.82, 2.24) is 0 Å². The van der Waals surface area contributed by atoms with Gasteiger partial charge in [-0.1, -0.05) is 40.0 Å². The standard InChI is InChI=1S/C15H28O3Si/c1-15(2,3)19(4,5)18-11-13(14(16)17)12-9-7-6-8-10-12/h11-12H,6-10H2,1-5H3,(H,16,17). The third kappa shape index (κ3) is 4.37. The van der Waals surface area contributed by atoms with Gasteiger partial charge in [0.1, 0.15) is 0 Å². The number of carboxylic acid groups (broad SMARTS) is 1. The van der Waals surface area contributed by atoms with Crippen LogP contribution in [0.25, 0.3) is 0 Å². The molecule has 0 bridgehead atoms. The number of carbonyl (C=O) groups is 1. The van der Waals surface area contributed by atoms with Crippen LogP contribution in [0.15, 0.2) is 11.8 Å². The number of rotatable bonds is 4. The van der Waals surface area contributed by atoms with Gasteiger partial charge in [0.15, 0.2) is 0 Å². The summed E-state index contributed by atoms with van der Waals surface area (Å²) in [6.45, 7) is 10.8. The molecule has 19 heavy (non-hydrogen) atoms. The van der Waals surface area contributed by atoms with E-state index in [4.69, 9.17) is 4.43 Å². The third-order valence-electron chi connectivity index (χ3n) is 4.58. The fourth-order valence-electron chi connectivity index (χ4n) is 2.12. The summed E-state index contributed by atoms with van der Waals surface area (Å²) in [6.07, 6.45) is 7.03. The van der Waals surface area contributed by atoms with E-state index in [-0.39, 0.29) is 11.0 Å². The zero-order valence-corrected chi connectivity index (χ0v) is 14.0. The van der Waals surface area contributed by atoms with Gasteiger partial charge in [0.05, 0.1) is 11.8 Å². The highest BCUT2D eigenvalue weighted by Crippen LogP contribution is 2.37. The van der Waals surface area contributed by atoms with Crippen molar-refractivity contribution < 1.29 is 14.3 Å². The molecule has 0 amide bonds. The second kappa shape index (κ2) is 6.12. The Morgan fingerprint density at radius 3 is 2.16 bits per heavy atom. The molecule has 110 valence electrons. The molecular formula is C15H28O3Si. The van der Waals surface area contributed by atoms with Crippen LogP contribution in [0.2, 0.25) is 18.1 Å². The minimum atomic E-state index is -1.92. The molecule has 0 aromatic rings. The van der Waals surface area contributed by atoms with Crippen LogP contribution in [0.5, 0.6) is 0 Å². The lowest BCUT2D eigenvalue weighted by Gasteiger charge is -2.35. The van der Waals surface area contributed by atoms with E-state index in [9.17, 15) is 9.90 Å². The Morgan fingerprint density at radius 1 is 1.21 bits per heavy atom. The molecule has 0 unspecified atom stereocenters. The van der Waals surface area contributed by atoms with Crippen LogP contribution in [-0.2, 0) is 9.22 Å². The quantitative estimate of drug-likeness (QED) is 0.468. The summed E-state index contributed by atoms with van der Waals surface area (Å²) in [7, 11) is -1.92. The van der Waals surface area contributed by atoms with Gasteiger partial charge in [0.25, 0.3) is 0 Å². The van der Waals surface area contributed by atoms with Crippen LogP contribution in [0.3, 0.4) is 0 Å². The van der Waals surface area contributed by atoms with Crippen LogP contribution in [0.4, 0.5) is 0 Å². The van der Waals surface area contributed by atoms with Crippen LogP contribution < -0.4 is 0 Å². The molecule has 1 aliphatic rings. The molecule has 0 radical (unpaired) electrons. The molecule has 3 nitrogen and oxygen atoms in total. The lowest BCUT2D eigenvalue weighted by Crippen LogP contribution is -2.39. The maximum atomic E-state index is 11.4. The first-order valence-electron chi connectivity index (χ1n) is 7.26. The molecule has 0 aliphatic heterocycles. The van der Waals surface area contributed by atoms with Gasteiger partial charge in [-0.05, 0) is 36.9 Å². The van der Waals surface area contributed by atoms with Crippen molar-refractivity contribution in [3.8, 4) is 0 Å². The summed E-state index contributed by atoms with van der Waals surface area (Å²) in [5.41, 5.74) is 0.476. The Hall–Kier alpha value is -0.773. The van der Waals surface area contributed by atoms with E-state index in [2.05, 4.69) is 33.9 Å². The Labute approximate surface area is 118 Å². The number of aliphatic carboxylic acids is 1. The van der Waals surface area contributed by atoms with E-state index in [1.54, 1.807) is 6.26 Å². The van der Waals surface area contributed by atoms with E-state index in [1.807, 2.05) is 0 Å². The second-order valence-corrected chi connectivity index (χ2v) is 11.8. The van der Waals surface area contributed by atoms with E-state index in [1.165, 1.54) is 6.42 Å². The summed E-state index contributed by atoms with van der Waals surface area (Å²) in [5, 5.41) is 9.49. The molecule has 0 atom stereocenters. The maximum Gasteiger partial charge on any atom is 0.334 e. The predicted octanol–water partition coefficient (Wildman–Crippen LogP) is 4.56. The molecule has 1 N–H and O–H groups in total. The van der Waals surface area contributed by atoms with E-state index < -0.39 is 14.3 Å². The second-order valence-electron chi connectivity index (χ2n) is 7.09. The summed E-state index contributed by atoms with van der Waals surface area (Å²) in [4.78, 5) is 11.4. The lowest BCUT2D eigenvalue weighted by molar-refractivity contribution is -0.133. The number of hydrogen-bond acceptors (Lipinski definition) is 2. The summed E-state index contributed by atoms with van der Waals surface area (Å²) in [5.74, 6) is -0.637. The topological polar surface area (TPSA) is 46.5 Å². The van der Waals surface area contributed by atoms with Crippen LogP contribution in [0, 0.1) is 5.92 Å². The Balaban J connectivity index is 2.82. The first-order valence-corrected chi connectivity index (χ1v) is 10.2. The van der Waals surface area contributed by atoms with Crippen LogP contribution in [-0.4, -0.2) is 19.4 Å². The van der Waals surface area contributed by atoms with Gasteiger partial charge in [-0.25, -0.2) is 4.79 Å². The van der Waals surface area contributed by atoms with Gasteiger partial charge in [-0.3, -0.25) is 0 Å². The summed E-state index contributed by atoms with van der Waals surface area (Å²) >= 11 is 0. The first-order chi connectivity index (χ1) is 8.65. The highest BCUT2D eigenvalue weighted by Gasteiger charge is 2.38. The summed E-state index contributed by atoms with van der Waals surface area (Å²) in [6, 6.07) is 0. The van der Waals surface area contributed by atoms with E-state index in [0.29, 0.717) is 5.57 Å². The van der Waals surface area contributed by atoms with Crippen molar-refractivity contribution in [2.24, 2.45) is 5.92 Å². The average Bonchev–Trinajstić information content (AvgIpc) is 2.28. The van der Waals surface area contributed by atoms with Gasteiger partial charge >= 0.3 is 5.97 Å². The molecule has 1 rings (SSSR count). The normalized spacial score (nSPS) is 19.3. The summed E-state index contributed by atoms with van der Waals surface area (Å²) < 4.78 is 5.97. The van der Waals surface area contributed by atoms with Crippen molar-refractivity contribution in [3.05, 3.63) is 11.8 Å². The molecule has 0 spiro atoms. The smallest absolute Gasteiger partial charge is 0.334 e. The first kappa shape index (κ1) is 16.3. The molecule has 0 saturated heterocycles.